The first-order valence-corrected chi connectivity index (χ1v) is 10.5. The Hall–Kier alpha value is -2.80. The second-order valence-electron chi connectivity index (χ2n) is 7.87. The van der Waals surface area contributed by atoms with Crippen molar-refractivity contribution in [1.29, 1.82) is 0 Å². The number of aliphatic imine (C=N–C) groups is 1. The van der Waals surface area contributed by atoms with Crippen LogP contribution in [-0.4, -0.2) is 44.5 Å². The number of pyridine rings is 1. The third kappa shape index (κ3) is 3.40. The molecule has 1 atom stereocenters. The molecule has 1 unspecified atom stereocenters. The molecule has 5 heterocycles. The number of rotatable bonds is 5. The van der Waals surface area contributed by atoms with Gasteiger partial charge in [-0.05, 0) is 44.4 Å². The Kier molecular flexibility index (Phi) is 4.75. The number of nitrogens with zero attached hydrogens (tertiary/aromatic N) is 5. The normalized spacial score (nSPS) is 19.4. The molecular formula is C22H26N6O. The molecule has 7 heteroatoms. The minimum atomic E-state index is 0.329. The van der Waals surface area contributed by atoms with Gasteiger partial charge in [0.05, 0.1) is 28.8 Å². The molecule has 0 saturated carbocycles. The highest BCUT2D eigenvalue weighted by atomic mass is 16.5. The smallest absolute Gasteiger partial charge is 0.241 e. The third-order valence-electron chi connectivity index (χ3n) is 5.86. The quantitative estimate of drug-likeness (QED) is 0.700. The fraction of sp³-hybridized carbons (Fsp3) is 0.455. The lowest BCUT2D eigenvalue weighted by molar-refractivity contribution is 0.0903. The number of ether oxygens (including phenoxy) is 1. The van der Waals surface area contributed by atoms with Crippen LogP contribution in [0.25, 0.3) is 16.8 Å². The molecule has 0 aromatic carbocycles. The van der Waals surface area contributed by atoms with E-state index >= 15 is 0 Å². The molecule has 0 amide bonds. The predicted molar refractivity (Wildman–Crippen MR) is 114 cm³/mol. The topological polar surface area (TPSA) is 76.7 Å². The summed E-state index contributed by atoms with van der Waals surface area (Å²) in [5.41, 5.74) is 6.22. The molecule has 2 aliphatic rings. The van der Waals surface area contributed by atoms with E-state index in [2.05, 4.69) is 41.4 Å². The van der Waals surface area contributed by atoms with E-state index in [0.717, 1.165) is 67.1 Å². The molecule has 1 fully saturated rings. The molecule has 3 aromatic rings. The van der Waals surface area contributed by atoms with Crippen molar-refractivity contribution in [2.45, 2.75) is 51.5 Å². The number of aromatic nitrogens is 4. The lowest BCUT2D eigenvalue weighted by atomic mass is 9.96. The molecule has 7 nitrogen and oxygen atoms in total. The van der Waals surface area contributed by atoms with E-state index in [1.54, 1.807) is 0 Å². The van der Waals surface area contributed by atoms with E-state index in [9.17, 15) is 0 Å². The summed E-state index contributed by atoms with van der Waals surface area (Å²) in [5.74, 6) is 0.982. The van der Waals surface area contributed by atoms with Crippen molar-refractivity contribution in [1.82, 2.24) is 19.6 Å². The lowest BCUT2D eigenvalue weighted by Gasteiger charge is -2.22. The van der Waals surface area contributed by atoms with Crippen molar-refractivity contribution in [2.24, 2.45) is 4.99 Å². The first-order chi connectivity index (χ1) is 14.2. The summed E-state index contributed by atoms with van der Waals surface area (Å²) >= 11 is 0. The molecular weight excluding hydrogens is 364 g/mol. The largest absolute Gasteiger partial charge is 0.381 e. The van der Waals surface area contributed by atoms with Crippen molar-refractivity contribution in [2.75, 3.05) is 18.5 Å². The molecule has 0 radical (unpaired) electrons. The maximum Gasteiger partial charge on any atom is 0.241 e. The molecule has 29 heavy (non-hydrogen) atoms. The van der Waals surface area contributed by atoms with Gasteiger partial charge in [-0.15, -0.1) is 5.10 Å². The predicted octanol–water partition coefficient (Wildman–Crippen LogP) is 4.37. The van der Waals surface area contributed by atoms with Crippen LogP contribution in [0.3, 0.4) is 0 Å². The number of anilines is 1. The van der Waals surface area contributed by atoms with Crippen molar-refractivity contribution in [3.63, 3.8) is 0 Å². The second kappa shape index (κ2) is 7.55. The average molecular weight is 390 g/mol. The Labute approximate surface area is 170 Å². The van der Waals surface area contributed by atoms with Gasteiger partial charge < -0.3 is 10.1 Å². The summed E-state index contributed by atoms with van der Waals surface area (Å²) < 4.78 is 7.30. The van der Waals surface area contributed by atoms with E-state index < -0.39 is 0 Å². The standard InChI is InChI=1S/C22H26N6O/c1-3-4-16-14(2)24-19-6-5-18(26-21(16)19)17-7-10-28-20(17)13-23-22(27-28)25-15-8-11-29-12-9-15/h5-7,10,13,15-16H,3-4,8-9,11-12H2,1-2H3,(H,25,27). The summed E-state index contributed by atoms with van der Waals surface area (Å²) in [5, 5.41) is 8.07. The van der Waals surface area contributed by atoms with Crippen molar-refractivity contribution in [3.8, 4) is 11.3 Å². The number of fused-ring (bicyclic) bond motifs is 2. The Morgan fingerprint density at radius 3 is 2.90 bits per heavy atom. The van der Waals surface area contributed by atoms with Gasteiger partial charge in [-0.3, -0.25) is 4.99 Å². The minimum Gasteiger partial charge on any atom is -0.381 e. The zero-order valence-corrected chi connectivity index (χ0v) is 16.9. The third-order valence-corrected chi connectivity index (χ3v) is 5.86. The van der Waals surface area contributed by atoms with E-state index in [-0.39, 0.29) is 0 Å². The van der Waals surface area contributed by atoms with Crippen molar-refractivity contribution >= 4 is 22.9 Å². The zero-order chi connectivity index (χ0) is 19.8. The van der Waals surface area contributed by atoms with E-state index in [4.69, 9.17) is 14.7 Å². The van der Waals surface area contributed by atoms with Gasteiger partial charge in [0.15, 0.2) is 0 Å². The van der Waals surface area contributed by atoms with Crippen molar-refractivity contribution < 1.29 is 4.74 Å². The van der Waals surface area contributed by atoms with Crippen LogP contribution in [0, 0.1) is 0 Å². The number of hydrogen-bond donors (Lipinski definition) is 1. The van der Waals surface area contributed by atoms with Crippen LogP contribution >= 0.6 is 0 Å². The average Bonchev–Trinajstić information content (AvgIpc) is 3.29. The van der Waals surface area contributed by atoms with Crippen LogP contribution in [0.1, 0.15) is 51.1 Å². The maximum atomic E-state index is 5.42. The molecule has 150 valence electrons. The summed E-state index contributed by atoms with van der Waals surface area (Å²) in [6.07, 6.45) is 8.02. The fourth-order valence-corrected chi connectivity index (χ4v) is 4.28. The van der Waals surface area contributed by atoms with Gasteiger partial charge in [-0.2, -0.15) is 0 Å². The summed E-state index contributed by atoms with van der Waals surface area (Å²) in [6.45, 7) is 5.90. The molecule has 0 aliphatic carbocycles. The molecule has 1 saturated heterocycles. The van der Waals surface area contributed by atoms with Crippen LogP contribution in [0.15, 0.2) is 35.6 Å². The van der Waals surface area contributed by atoms with Crippen molar-refractivity contribution in [3.05, 3.63) is 36.3 Å². The maximum absolute atomic E-state index is 5.42. The van der Waals surface area contributed by atoms with Gasteiger partial charge in [-0.1, -0.05) is 13.3 Å². The Morgan fingerprint density at radius 1 is 1.21 bits per heavy atom. The van der Waals surface area contributed by atoms with E-state index in [0.29, 0.717) is 17.9 Å². The van der Waals surface area contributed by atoms with Crippen LogP contribution < -0.4 is 5.32 Å². The highest BCUT2D eigenvalue weighted by Gasteiger charge is 2.26. The fourth-order valence-electron chi connectivity index (χ4n) is 4.28. The van der Waals surface area contributed by atoms with E-state index in [1.165, 1.54) is 5.71 Å². The van der Waals surface area contributed by atoms with Crippen LogP contribution in [0.5, 0.6) is 0 Å². The van der Waals surface area contributed by atoms with E-state index in [1.807, 2.05) is 23.0 Å². The second-order valence-corrected chi connectivity index (χ2v) is 7.87. The monoisotopic (exact) mass is 390 g/mol. The molecule has 2 aliphatic heterocycles. The lowest BCUT2D eigenvalue weighted by Crippen LogP contribution is -2.28. The van der Waals surface area contributed by atoms with Gasteiger partial charge in [-0.25, -0.2) is 14.5 Å². The van der Waals surface area contributed by atoms with Gasteiger partial charge in [0.25, 0.3) is 0 Å². The number of hydrogen-bond acceptors (Lipinski definition) is 6. The van der Waals surface area contributed by atoms with Crippen LogP contribution in [-0.2, 0) is 4.74 Å². The molecule has 0 bridgehead atoms. The highest BCUT2D eigenvalue weighted by molar-refractivity contribution is 5.96. The van der Waals surface area contributed by atoms with Crippen LogP contribution in [0.2, 0.25) is 0 Å². The number of nitrogens with one attached hydrogen (secondary N) is 1. The first-order valence-electron chi connectivity index (χ1n) is 10.5. The summed E-state index contributed by atoms with van der Waals surface area (Å²) in [7, 11) is 0. The zero-order valence-electron chi connectivity index (χ0n) is 16.9. The Morgan fingerprint density at radius 2 is 2.07 bits per heavy atom. The SMILES string of the molecule is CCCC1C(C)=Nc2ccc(-c3ccn4nc(NC5CCOCC5)ncc34)nc21. The highest BCUT2D eigenvalue weighted by Crippen LogP contribution is 2.38. The van der Waals surface area contributed by atoms with Gasteiger partial charge in [0.1, 0.15) is 0 Å². The Balaban J connectivity index is 1.44. The first kappa shape index (κ1) is 18.2. The molecule has 0 spiro atoms. The molecule has 3 aromatic heterocycles. The summed E-state index contributed by atoms with van der Waals surface area (Å²) in [4.78, 5) is 14.3. The van der Waals surface area contributed by atoms with Gasteiger partial charge in [0, 0.05) is 42.6 Å². The summed E-state index contributed by atoms with van der Waals surface area (Å²) in [6, 6.07) is 6.57. The van der Waals surface area contributed by atoms with Gasteiger partial charge >= 0.3 is 0 Å². The minimum absolute atomic E-state index is 0.329. The van der Waals surface area contributed by atoms with Crippen LogP contribution in [0.4, 0.5) is 11.6 Å². The molecule has 1 N–H and O–H groups in total. The Bertz CT molecular complexity index is 1070. The molecule has 5 rings (SSSR count). The van der Waals surface area contributed by atoms with Gasteiger partial charge in [0.2, 0.25) is 5.95 Å².